The normalized spacial score (nSPS) is 34.5. The van der Waals surface area contributed by atoms with Gasteiger partial charge in [-0.1, -0.05) is 36.4 Å². The van der Waals surface area contributed by atoms with Crippen molar-refractivity contribution in [3.05, 3.63) is 0 Å². The van der Waals surface area contributed by atoms with E-state index in [9.17, 15) is 0 Å². The van der Waals surface area contributed by atoms with Gasteiger partial charge in [-0.2, -0.15) is 0 Å². The topological polar surface area (TPSA) is 9.23 Å². The molecule has 84 valence electrons. The molecule has 14 heavy (non-hydrogen) atoms. The van der Waals surface area contributed by atoms with Gasteiger partial charge in [0.2, 0.25) is 0 Å². The van der Waals surface area contributed by atoms with Crippen molar-refractivity contribution in [2.24, 2.45) is 11.8 Å². The van der Waals surface area contributed by atoms with Crippen LogP contribution in [0.15, 0.2) is 0 Å². The lowest BCUT2D eigenvalue weighted by atomic mass is 9.80. The van der Waals surface area contributed by atoms with Crippen molar-refractivity contribution < 1.29 is 4.74 Å². The van der Waals surface area contributed by atoms with Gasteiger partial charge in [-0.3, -0.25) is 0 Å². The van der Waals surface area contributed by atoms with Gasteiger partial charge in [-0.05, 0) is 44.9 Å². The lowest BCUT2D eigenvalue weighted by Gasteiger charge is -2.36. The van der Waals surface area contributed by atoms with Crippen LogP contribution < -0.4 is 0 Å². The van der Waals surface area contributed by atoms with Crippen LogP contribution in [0.3, 0.4) is 0 Å². The maximum absolute atomic E-state index is 6.14. The first-order chi connectivity index (χ1) is 6.44. The minimum absolute atomic E-state index is 0.0610. The van der Waals surface area contributed by atoms with Crippen molar-refractivity contribution in [2.75, 3.05) is 4.43 Å². The van der Waals surface area contributed by atoms with E-state index in [4.69, 9.17) is 4.74 Å². The molecule has 0 bridgehead atoms. The minimum Gasteiger partial charge on any atom is -0.372 e. The van der Waals surface area contributed by atoms with E-state index < -0.39 is 0 Å². The molecule has 0 aliphatic heterocycles. The Labute approximate surface area is 102 Å². The number of rotatable bonds is 3. The van der Waals surface area contributed by atoms with Crippen LogP contribution in [-0.4, -0.2) is 16.1 Å². The molecule has 0 saturated heterocycles. The molecule has 3 atom stereocenters. The number of hydrogen-bond donors (Lipinski definition) is 0. The predicted molar refractivity (Wildman–Crippen MR) is 70.0 cm³/mol. The summed E-state index contributed by atoms with van der Waals surface area (Å²) < 4.78 is 7.21. The quantitative estimate of drug-likeness (QED) is 0.565. The standard InChI is InChI=1S/C12H23IO/c1-9-5-6-11(7-10(9)2)14-12(3,4)8-13/h9-11H,5-8H2,1-4H3. The third-order valence-electron chi connectivity index (χ3n) is 3.36. The van der Waals surface area contributed by atoms with Gasteiger partial charge in [-0.15, -0.1) is 0 Å². The zero-order valence-electron chi connectivity index (χ0n) is 9.85. The van der Waals surface area contributed by atoms with Gasteiger partial charge in [0.15, 0.2) is 0 Å². The minimum atomic E-state index is 0.0610. The van der Waals surface area contributed by atoms with Crippen LogP contribution in [0.4, 0.5) is 0 Å². The summed E-state index contributed by atoms with van der Waals surface area (Å²) in [7, 11) is 0. The summed E-state index contributed by atoms with van der Waals surface area (Å²) in [6.07, 6.45) is 4.35. The fourth-order valence-electron chi connectivity index (χ4n) is 2.09. The molecule has 1 rings (SSSR count). The van der Waals surface area contributed by atoms with E-state index in [1.165, 1.54) is 19.3 Å². The van der Waals surface area contributed by atoms with Gasteiger partial charge in [0.1, 0.15) is 0 Å². The molecule has 1 saturated carbocycles. The molecule has 2 heteroatoms. The van der Waals surface area contributed by atoms with Gasteiger partial charge in [0.25, 0.3) is 0 Å². The summed E-state index contributed by atoms with van der Waals surface area (Å²) in [6, 6.07) is 0. The second-order valence-electron chi connectivity index (χ2n) is 5.40. The maximum Gasteiger partial charge on any atom is 0.0719 e. The molecule has 1 aliphatic rings. The molecule has 0 amide bonds. The fraction of sp³-hybridized carbons (Fsp3) is 1.00. The average Bonchev–Trinajstić information content (AvgIpc) is 2.11. The summed E-state index contributed by atoms with van der Waals surface area (Å²) in [4.78, 5) is 0. The van der Waals surface area contributed by atoms with Crippen LogP contribution in [0.1, 0.15) is 47.0 Å². The molecule has 0 aromatic carbocycles. The van der Waals surface area contributed by atoms with Gasteiger partial charge < -0.3 is 4.74 Å². The number of alkyl halides is 1. The molecule has 1 aliphatic carbocycles. The van der Waals surface area contributed by atoms with Gasteiger partial charge in [-0.25, -0.2) is 0 Å². The molecule has 3 unspecified atom stereocenters. The van der Waals surface area contributed by atoms with Crippen LogP contribution in [0.5, 0.6) is 0 Å². The van der Waals surface area contributed by atoms with Crippen molar-refractivity contribution in [3.63, 3.8) is 0 Å². The van der Waals surface area contributed by atoms with E-state index in [0.717, 1.165) is 16.3 Å². The summed E-state index contributed by atoms with van der Waals surface area (Å²) in [5, 5.41) is 0. The Bertz CT molecular complexity index is 179. The molecule has 0 aromatic heterocycles. The van der Waals surface area contributed by atoms with E-state index in [2.05, 4.69) is 50.3 Å². The third-order valence-corrected chi connectivity index (χ3v) is 5.19. The Morgan fingerprint density at radius 2 is 1.86 bits per heavy atom. The smallest absolute Gasteiger partial charge is 0.0719 e. The molecule has 0 heterocycles. The van der Waals surface area contributed by atoms with Crippen LogP contribution >= 0.6 is 22.6 Å². The SMILES string of the molecule is CC1CCC(OC(C)(C)CI)CC1C. The van der Waals surface area contributed by atoms with E-state index in [0.29, 0.717) is 6.10 Å². The van der Waals surface area contributed by atoms with Crippen molar-refractivity contribution in [1.29, 1.82) is 0 Å². The lowest BCUT2D eigenvalue weighted by molar-refractivity contribution is -0.0822. The fourth-order valence-corrected chi connectivity index (χ4v) is 2.27. The second kappa shape index (κ2) is 5.15. The molecule has 0 spiro atoms. The Morgan fingerprint density at radius 3 is 2.36 bits per heavy atom. The Balaban J connectivity index is 2.40. The summed E-state index contributed by atoms with van der Waals surface area (Å²) in [6.45, 7) is 9.12. The van der Waals surface area contributed by atoms with Gasteiger partial charge >= 0.3 is 0 Å². The Hall–Kier alpha value is 0.690. The van der Waals surface area contributed by atoms with Crippen LogP contribution in [0, 0.1) is 11.8 Å². The van der Waals surface area contributed by atoms with Crippen molar-refractivity contribution in [3.8, 4) is 0 Å². The van der Waals surface area contributed by atoms with E-state index in [1.807, 2.05) is 0 Å². The molecule has 0 radical (unpaired) electrons. The van der Waals surface area contributed by atoms with Crippen LogP contribution in [0.2, 0.25) is 0 Å². The highest BCUT2D eigenvalue weighted by atomic mass is 127. The molecule has 0 aromatic rings. The average molecular weight is 310 g/mol. The van der Waals surface area contributed by atoms with Crippen molar-refractivity contribution in [1.82, 2.24) is 0 Å². The summed E-state index contributed by atoms with van der Waals surface area (Å²) in [5.41, 5.74) is 0.0610. The second-order valence-corrected chi connectivity index (χ2v) is 6.16. The highest BCUT2D eigenvalue weighted by Crippen LogP contribution is 2.33. The van der Waals surface area contributed by atoms with Gasteiger partial charge in [0, 0.05) is 4.43 Å². The molecule has 1 fully saturated rings. The van der Waals surface area contributed by atoms with Crippen molar-refractivity contribution in [2.45, 2.75) is 58.7 Å². The monoisotopic (exact) mass is 310 g/mol. The van der Waals surface area contributed by atoms with Crippen LogP contribution in [-0.2, 0) is 4.74 Å². The zero-order valence-corrected chi connectivity index (χ0v) is 12.0. The molecule has 1 nitrogen and oxygen atoms in total. The van der Waals surface area contributed by atoms with E-state index in [1.54, 1.807) is 0 Å². The number of hydrogen-bond acceptors (Lipinski definition) is 1. The third kappa shape index (κ3) is 3.69. The summed E-state index contributed by atoms with van der Waals surface area (Å²) >= 11 is 2.41. The lowest BCUT2D eigenvalue weighted by Crippen LogP contribution is -2.36. The number of ether oxygens (including phenoxy) is 1. The zero-order chi connectivity index (χ0) is 10.8. The predicted octanol–water partition coefficient (Wildman–Crippen LogP) is 4.04. The molecular weight excluding hydrogens is 287 g/mol. The first-order valence-electron chi connectivity index (χ1n) is 5.68. The Kier molecular flexibility index (Phi) is 4.69. The van der Waals surface area contributed by atoms with Crippen LogP contribution in [0.25, 0.3) is 0 Å². The van der Waals surface area contributed by atoms with E-state index in [-0.39, 0.29) is 5.60 Å². The van der Waals surface area contributed by atoms with E-state index >= 15 is 0 Å². The summed E-state index contributed by atoms with van der Waals surface area (Å²) in [5.74, 6) is 1.72. The van der Waals surface area contributed by atoms with Crippen molar-refractivity contribution >= 4 is 22.6 Å². The highest BCUT2D eigenvalue weighted by molar-refractivity contribution is 14.1. The largest absolute Gasteiger partial charge is 0.372 e. The number of halogens is 1. The first-order valence-corrected chi connectivity index (χ1v) is 7.21. The Morgan fingerprint density at radius 1 is 1.21 bits per heavy atom. The first kappa shape index (κ1) is 12.8. The van der Waals surface area contributed by atoms with Gasteiger partial charge in [0.05, 0.1) is 11.7 Å². The maximum atomic E-state index is 6.14. The molecular formula is C12H23IO. The molecule has 0 N–H and O–H groups in total. The highest BCUT2D eigenvalue weighted by Gasteiger charge is 2.29.